The number of nitrogens with one attached hydrogen (secondary N) is 3. The topological polar surface area (TPSA) is 114 Å². The molecule has 1 unspecified atom stereocenters. The standard InChI is InChI=1S/C30H31N5O4/c1-35-23(8-13-31-35)26(36)34-25(24-20-5-3-2-4-18(20)17-29(24)9-10-29)27(37)32-19-6-7-21-22(16-19)33-28(38)30(21)11-14-39-15-12-30/h2-8,13,16,24-25H,9-12,14-15,17H2,1H3,(H,32,37)(H,33,38)(H,34,36)/t24?,25-/m0/s1. The van der Waals surface area contributed by atoms with Crippen molar-refractivity contribution < 1.29 is 19.1 Å². The Balaban J connectivity index is 1.20. The molecule has 1 aromatic heterocycles. The molecule has 2 spiro atoms. The number of ether oxygens (including phenoxy) is 1. The number of benzene rings is 2. The van der Waals surface area contributed by atoms with Gasteiger partial charge in [0.05, 0.1) is 5.41 Å². The van der Waals surface area contributed by atoms with Gasteiger partial charge in [-0.25, -0.2) is 0 Å². The lowest BCUT2D eigenvalue weighted by Gasteiger charge is -2.31. The summed E-state index contributed by atoms with van der Waals surface area (Å²) in [6, 6.07) is 14.7. The third kappa shape index (κ3) is 3.78. The maximum Gasteiger partial charge on any atom is 0.270 e. The molecule has 2 atom stereocenters. The lowest BCUT2D eigenvalue weighted by molar-refractivity contribution is -0.124. The maximum atomic E-state index is 14.0. The molecule has 2 aliphatic heterocycles. The quantitative estimate of drug-likeness (QED) is 0.473. The second-order valence-electron chi connectivity index (χ2n) is 11.4. The number of anilines is 2. The number of nitrogens with zero attached hydrogens (tertiary/aromatic N) is 2. The van der Waals surface area contributed by atoms with Gasteiger partial charge in [0.2, 0.25) is 11.8 Å². The van der Waals surface area contributed by atoms with Gasteiger partial charge in [-0.2, -0.15) is 5.10 Å². The molecular formula is C30H31N5O4. The summed E-state index contributed by atoms with van der Waals surface area (Å²) in [6.07, 6.45) is 5.81. The Morgan fingerprint density at radius 1 is 1.10 bits per heavy atom. The summed E-state index contributed by atoms with van der Waals surface area (Å²) in [5.74, 6) is -0.754. The Morgan fingerprint density at radius 3 is 2.64 bits per heavy atom. The van der Waals surface area contributed by atoms with E-state index in [1.54, 1.807) is 19.3 Å². The van der Waals surface area contributed by atoms with Crippen LogP contribution < -0.4 is 16.0 Å². The smallest absolute Gasteiger partial charge is 0.270 e. The van der Waals surface area contributed by atoms with Crippen molar-refractivity contribution in [2.24, 2.45) is 12.5 Å². The van der Waals surface area contributed by atoms with Crippen LogP contribution in [0.15, 0.2) is 54.7 Å². The summed E-state index contributed by atoms with van der Waals surface area (Å²) >= 11 is 0. The van der Waals surface area contributed by atoms with Crippen LogP contribution in [0.25, 0.3) is 0 Å². The summed E-state index contributed by atoms with van der Waals surface area (Å²) in [6.45, 7) is 1.10. The summed E-state index contributed by atoms with van der Waals surface area (Å²) in [5.41, 5.74) is 4.44. The van der Waals surface area contributed by atoms with Crippen molar-refractivity contribution in [3.05, 3.63) is 77.1 Å². The molecular weight excluding hydrogens is 494 g/mol. The Hall–Kier alpha value is -3.98. The van der Waals surface area contributed by atoms with E-state index >= 15 is 0 Å². The number of carbonyl (C=O) groups is 3. The number of hydrogen-bond acceptors (Lipinski definition) is 5. The molecule has 3 N–H and O–H groups in total. The second kappa shape index (κ2) is 8.77. The molecule has 7 rings (SSSR count). The van der Waals surface area contributed by atoms with Crippen molar-refractivity contribution in [3.63, 3.8) is 0 Å². The van der Waals surface area contributed by atoms with E-state index in [2.05, 4.69) is 33.2 Å². The molecule has 0 bridgehead atoms. The first-order valence-corrected chi connectivity index (χ1v) is 13.6. The molecule has 4 aliphatic rings. The molecule has 9 nitrogen and oxygen atoms in total. The van der Waals surface area contributed by atoms with E-state index in [1.807, 2.05) is 30.3 Å². The van der Waals surface area contributed by atoms with Gasteiger partial charge in [0.25, 0.3) is 5.91 Å². The Morgan fingerprint density at radius 2 is 1.90 bits per heavy atom. The van der Waals surface area contributed by atoms with Gasteiger partial charge in [-0.15, -0.1) is 0 Å². The van der Waals surface area contributed by atoms with Crippen LogP contribution in [-0.4, -0.2) is 46.8 Å². The highest BCUT2D eigenvalue weighted by Gasteiger charge is 2.58. The minimum Gasteiger partial charge on any atom is -0.381 e. The average Bonchev–Trinajstić information content (AvgIpc) is 3.32. The van der Waals surface area contributed by atoms with Crippen LogP contribution in [0.1, 0.15) is 58.8 Å². The molecule has 39 heavy (non-hydrogen) atoms. The lowest BCUT2D eigenvalue weighted by Crippen LogP contribution is -2.49. The molecule has 2 aromatic carbocycles. The summed E-state index contributed by atoms with van der Waals surface area (Å²) in [5, 5.41) is 13.3. The summed E-state index contributed by atoms with van der Waals surface area (Å²) in [7, 11) is 1.71. The van der Waals surface area contributed by atoms with E-state index < -0.39 is 11.5 Å². The van der Waals surface area contributed by atoms with Gasteiger partial charge in [0, 0.05) is 43.8 Å². The minimum absolute atomic E-state index is 0.0103. The zero-order valence-corrected chi connectivity index (χ0v) is 21.8. The van der Waals surface area contributed by atoms with Gasteiger partial charge < -0.3 is 20.7 Å². The van der Waals surface area contributed by atoms with Crippen molar-refractivity contribution in [2.75, 3.05) is 23.8 Å². The van der Waals surface area contributed by atoms with Crippen LogP contribution in [0.5, 0.6) is 0 Å². The Labute approximate surface area is 226 Å². The maximum absolute atomic E-state index is 14.0. The average molecular weight is 526 g/mol. The number of fused-ring (bicyclic) bond motifs is 3. The highest BCUT2D eigenvalue weighted by atomic mass is 16.5. The molecule has 1 saturated heterocycles. The Kier molecular flexibility index (Phi) is 5.42. The van der Waals surface area contributed by atoms with Crippen LogP contribution in [0.4, 0.5) is 11.4 Å². The van der Waals surface area contributed by atoms with E-state index in [-0.39, 0.29) is 29.1 Å². The van der Waals surface area contributed by atoms with Gasteiger partial charge in [-0.1, -0.05) is 30.3 Å². The van der Waals surface area contributed by atoms with E-state index in [9.17, 15) is 14.4 Å². The van der Waals surface area contributed by atoms with Gasteiger partial charge in [0.15, 0.2) is 0 Å². The Bertz CT molecular complexity index is 1500. The first kappa shape index (κ1) is 24.1. The molecule has 2 aliphatic carbocycles. The van der Waals surface area contributed by atoms with E-state index in [1.165, 1.54) is 10.2 Å². The van der Waals surface area contributed by atoms with Crippen molar-refractivity contribution >= 4 is 29.1 Å². The summed E-state index contributed by atoms with van der Waals surface area (Å²) < 4.78 is 7.02. The van der Waals surface area contributed by atoms with Crippen LogP contribution in [-0.2, 0) is 33.2 Å². The largest absolute Gasteiger partial charge is 0.381 e. The fraction of sp³-hybridized carbons (Fsp3) is 0.400. The number of rotatable bonds is 5. The summed E-state index contributed by atoms with van der Waals surface area (Å²) in [4.78, 5) is 40.3. The van der Waals surface area contributed by atoms with Gasteiger partial charge in [-0.3, -0.25) is 19.1 Å². The predicted molar refractivity (Wildman–Crippen MR) is 144 cm³/mol. The molecule has 200 valence electrons. The third-order valence-electron chi connectivity index (χ3n) is 9.27. The molecule has 2 fully saturated rings. The lowest BCUT2D eigenvalue weighted by atomic mass is 9.75. The number of hydrogen-bond donors (Lipinski definition) is 3. The highest BCUT2D eigenvalue weighted by molar-refractivity contribution is 6.08. The van der Waals surface area contributed by atoms with E-state index in [0.29, 0.717) is 37.4 Å². The van der Waals surface area contributed by atoms with E-state index in [0.717, 1.165) is 36.1 Å². The number of aromatic nitrogens is 2. The molecule has 1 saturated carbocycles. The fourth-order valence-corrected chi connectivity index (χ4v) is 7.05. The van der Waals surface area contributed by atoms with E-state index in [4.69, 9.17) is 4.74 Å². The zero-order valence-electron chi connectivity index (χ0n) is 21.8. The number of carbonyl (C=O) groups excluding carboxylic acids is 3. The van der Waals surface area contributed by atoms with Crippen molar-refractivity contribution in [2.45, 2.75) is 49.5 Å². The molecule has 9 heteroatoms. The first-order chi connectivity index (χ1) is 18.9. The highest BCUT2D eigenvalue weighted by Crippen LogP contribution is 2.64. The zero-order chi connectivity index (χ0) is 26.8. The van der Waals surface area contributed by atoms with Gasteiger partial charge in [0.1, 0.15) is 11.7 Å². The van der Waals surface area contributed by atoms with Crippen molar-refractivity contribution in [1.82, 2.24) is 15.1 Å². The van der Waals surface area contributed by atoms with Gasteiger partial charge in [-0.05, 0) is 72.4 Å². The number of aryl methyl sites for hydroxylation is 1. The van der Waals surface area contributed by atoms with Crippen molar-refractivity contribution in [3.8, 4) is 0 Å². The molecule has 0 radical (unpaired) electrons. The minimum atomic E-state index is -0.775. The fourth-order valence-electron chi connectivity index (χ4n) is 7.05. The van der Waals surface area contributed by atoms with Crippen LogP contribution in [0.2, 0.25) is 0 Å². The van der Waals surface area contributed by atoms with Crippen LogP contribution in [0.3, 0.4) is 0 Å². The van der Waals surface area contributed by atoms with Crippen LogP contribution >= 0.6 is 0 Å². The third-order valence-corrected chi connectivity index (χ3v) is 9.27. The molecule has 3 heterocycles. The molecule has 3 aromatic rings. The SMILES string of the molecule is Cn1nccc1C(=O)N[C@H](C(=O)Nc1ccc2c(c1)NC(=O)C21CCOCC1)C1c2ccccc2CC12CC2. The monoisotopic (exact) mass is 525 g/mol. The van der Waals surface area contributed by atoms with Gasteiger partial charge >= 0.3 is 0 Å². The first-order valence-electron chi connectivity index (χ1n) is 13.6. The normalized spacial score (nSPS) is 22.2. The molecule has 3 amide bonds. The van der Waals surface area contributed by atoms with Crippen molar-refractivity contribution in [1.29, 1.82) is 0 Å². The second-order valence-corrected chi connectivity index (χ2v) is 11.4. The van der Waals surface area contributed by atoms with Crippen LogP contribution in [0, 0.1) is 5.41 Å². The number of amides is 3. The predicted octanol–water partition coefficient (Wildman–Crippen LogP) is 3.28.